The predicted octanol–water partition coefficient (Wildman–Crippen LogP) is 2.42. The molecule has 0 spiro atoms. The van der Waals surface area contributed by atoms with E-state index < -0.39 is 34.3 Å². The van der Waals surface area contributed by atoms with Gasteiger partial charge in [0.15, 0.2) is 6.61 Å². The minimum absolute atomic E-state index is 0.0378. The molecule has 0 aromatic heterocycles. The molecule has 0 saturated heterocycles. The second-order valence-electron chi connectivity index (χ2n) is 6.32. The average molecular weight is 438 g/mol. The van der Waals surface area contributed by atoms with E-state index in [0.717, 1.165) is 16.4 Å². The van der Waals surface area contributed by atoms with Gasteiger partial charge in [0.1, 0.15) is 11.6 Å². The maximum Gasteiger partial charge on any atom is 0.306 e. The summed E-state index contributed by atoms with van der Waals surface area (Å²) in [6.07, 6.45) is 0.148. The Kier molecular flexibility index (Phi) is 8.31. The van der Waals surface area contributed by atoms with Crippen LogP contribution < -0.4 is 10.1 Å². The van der Waals surface area contributed by atoms with Crippen LogP contribution in [-0.2, 0) is 24.3 Å². The van der Waals surface area contributed by atoms with Crippen LogP contribution >= 0.6 is 0 Å². The van der Waals surface area contributed by atoms with Gasteiger partial charge in [-0.05, 0) is 55.0 Å². The van der Waals surface area contributed by atoms with Crippen molar-refractivity contribution in [1.82, 2.24) is 4.31 Å². The minimum Gasteiger partial charge on any atom is -0.497 e. The average Bonchev–Trinajstić information content (AvgIpc) is 2.73. The van der Waals surface area contributed by atoms with Crippen LogP contribution in [-0.4, -0.2) is 51.9 Å². The maximum atomic E-state index is 13.0. The lowest BCUT2D eigenvalue weighted by Gasteiger charge is -2.17. The van der Waals surface area contributed by atoms with E-state index in [1.807, 2.05) is 0 Å². The van der Waals surface area contributed by atoms with Crippen LogP contribution in [0.1, 0.15) is 12.8 Å². The van der Waals surface area contributed by atoms with Gasteiger partial charge in [-0.25, -0.2) is 17.1 Å². The van der Waals surface area contributed by atoms with Crippen molar-refractivity contribution in [2.75, 3.05) is 32.6 Å². The molecule has 1 N–H and O–H groups in total. The number of hydrogen-bond donors (Lipinski definition) is 1. The lowest BCUT2D eigenvalue weighted by molar-refractivity contribution is -0.147. The molecule has 1 amide bonds. The fourth-order valence-electron chi connectivity index (χ4n) is 2.44. The van der Waals surface area contributed by atoms with Crippen molar-refractivity contribution in [2.45, 2.75) is 17.7 Å². The van der Waals surface area contributed by atoms with Gasteiger partial charge in [-0.3, -0.25) is 9.59 Å². The second kappa shape index (κ2) is 10.7. The number of rotatable bonds is 10. The highest BCUT2D eigenvalue weighted by Crippen LogP contribution is 2.16. The number of amides is 1. The van der Waals surface area contributed by atoms with Gasteiger partial charge < -0.3 is 14.8 Å². The van der Waals surface area contributed by atoms with Gasteiger partial charge in [0.25, 0.3) is 5.91 Å². The molecule has 0 heterocycles. The zero-order valence-electron chi connectivity index (χ0n) is 16.6. The summed E-state index contributed by atoms with van der Waals surface area (Å²) in [6, 6.07) is 11.1. The highest BCUT2D eigenvalue weighted by Gasteiger charge is 2.20. The molecule has 0 bridgehead atoms. The number of ether oxygens (including phenoxy) is 2. The molecule has 2 rings (SSSR count). The Hall–Kier alpha value is -2.98. The Morgan fingerprint density at radius 2 is 1.70 bits per heavy atom. The summed E-state index contributed by atoms with van der Waals surface area (Å²) < 4.78 is 48.7. The molecule has 30 heavy (non-hydrogen) atoms. The van der Waals surface area contributed by atoms with Gasteiger partial charge in [-0.1, -0.05) is 0 Å². The van der Waals surface area contributed by atoms with Crippen LogP contribution in [0.3, 0.4) is 0 Å². The summed E-state index contributed by atoms with van der Waals surface area (Å²) in [7, 11) is -0.879. The van der Waals surface area contributed by atoms with Crippen molar-refractivity contribution in [1.29, 1.82) is 0 Å². The molecule has 8 nitrogen and oxygen atoms in total. The van der Waals surface area contributed by atoms with Crippen molar-refractivity contribution in [3.63, 3.8) is 0 Å². The summed E-state index contributed by atoms with van der Waals surface area (Å²) in [5, 5.41) is 2.58. The molecule has 2 aromatic carbocycles. The lowest BCUT2D eigenvalue weighted by Crippen LogP contribution is -2.28. The molecule has 0 aliphatic heterocycles. The number of halogens is 1. The topological polar surface area (TPSA) is 102 Å². The quantitative estimate of drug-likeness (QED) is 0.572. The maximum absolute atomic E-state index is 13.0. The normalized spacial score (nSPS) is 11.2. The summed E-state index contributed by atoms with van der Waals surface area (Å²) in [4.78, 5) is 23.6. The number of hydrogen-bond acceptors (Lipinski definition) is 6. The first kappa shape index (κ1) is 23.3. The van der Waals surface area contributed by atoms with Crippen LogP contribution in [0.5, 0.6) is 5.75 Å². The lowest BCUT2D eigenvalue weighted by atomic mass is 10.3. The van der Waals surface area contributed by atoms with Gasteiger partial charge in [-0.2, -0.15) is 0 Å². The van der Waals surface area contributed by atoms with E-state index in [9.17, 15) is 22.4 Å². The summed E-state index contributed by atoms with van der Waals surface area (Å²) in [6.45, 7) is -0.387. The van der Waals surface area contributed by atoms with Gasteiger partial charge in [-0.15, -0.1) is 0 Å². The van der Waals surface area contributed by atoms with Crippen LogP contribution in [0.4, 0.5) is 10.1 Å². The third-order valence-corrected chi connectivity index (χ3v) is 5.98. The largest absolute Gasteiger partial charge is 0.497 e. The molecular formula is C20H23FN2O6S. The molecule has 0 fully saturated rings. The van der Waals surface area contributed by atoms with E-state index in [2.05, 4.69) is 5.32 Å². The van der Waals surface area contributed by atoms with E-state index >= 15 is 0 Å². The van der Waals surface area contributed by atoms with Crippen molar-refractivity contribution in [2.24, 2.45) is 0 Å². The third-order valence-electron chi connectivity index (χ3n) is 4.11. The number of methoxy groups -OCH3 is 1. The van der Waals surface area contributed by atoms with E-state index in [0.29, 0.717) is 11.4 Å². The Bertz CT molecular complexity index is 962. The van der Waals surface area contributed by atoms with Crippen LogP contribution in [0.15, 0.2) is 53.4 Å². The molecule has 10 heteroatoms. The molecular weight excluding hydrogens is 415 g/mol. The second-order valence-corrected chi connectivity index (χ2v) is 8.37. The first-order valence-corrected chi connectivity index (χ1v) is 10.5. The minimum atomic E-state index is -3.78. The number of carbonyl (C=O) groups is 2. The summed E-state index contributed by atoms with van der Waals surface area (Å²) >= 11 is 0. The number of nitrogens with one attached hydrogen (secondary N) is 1. The molecule has 0 unspecified atom stereocenters. The molecule has 0 saturated carbocycles. The predicted molar refractivity (Wildman–Crippen MR) is 108 cm³/mol. The van der Waals surface area contributed by atoms with Crippen molar-refractivity contribution in [3.05, 3.63) is 54.3 Å². The van der Waals surface area contributed by atoms with Gasteiger partial charge in [0, 0.05) is 25.7 Å². The molecule has 0 aliphatic rings. The van der Waals surface area contributed by atoms with E-state index in [-0.39, 0.29) is 24.3 Å². The van der Waals surface area contributed by atoms with E-state index in [4.69, 9.17) is 9.47 Å². The third kappa shape index (κ3) is 6.82. The first-order valence-electron chi connectivity index (χ1n) is 9.04. The zero-order chi connectivity index (χ0) is 22.1. The standard InChI is InChI=1S/C20H23FN2O6S/c1-23(30(26,27)18-11-5-15(21)6-12-18)13-3-4-20(25)29-14-19(24)22-16-7-9-17(28-2)10-8-16/h5-12H,3-4,13-14H2,1-2H3,(H,22,24). The highest BCUT2D eigenvalue weighted by atomic mass is 32.2. The highest BCUT2D eigenvalue weighted by molar-refractivity contribution is 7.89. The SMILES string of the molecule is COc1ccc(NC(=O)COC(=O)CCCN(C)S(=O)(=O)c2ccc(F)cc2)cc1. The summed E-state index contributed by atoms with van der Waals surface area (Å²) in [5.41, 5.74) is 0.532. The van der Waals surface area contributed by atoms with Crippen molar-refractivity contribution < 1.29 is 31.9 Å². The molecule has 0 radical (unpaired) electrons. The van der Waals surface area contributed by atoms with Crippen LogP contribution in [0.2, 0.25) is 0 Å². The smallest absolute Gasteiger partial charge is 0.306 e. The van der Waals surface area contributed by atoms with Gasteiger partial charge in [0.2, 0.25) is 10.0 Å². The zero-order valence-corrected chi connectivity index (χ0v) is 17.4. The number of carbonyl (C=O) groups excluding carboxylic acids is 2. The number of sulfonamides is 1. The number of esters is 1. The Labute approximate surface area is 174 Å². The van der Waals surface area contributed by atoms with Crippen LogP contribution in [0, 0.1) is 5.82 Å². The van der Waals surface area contributed by atoms with E-state index in [1.165, 1.54) is 26.3 Å². The Balaban J connectivity index is 1.72. The molecule has 2 aromatic rings. The van der Waals surface area contributed by atoms with Gasteiger partial charge in [0.05, 0.1) is 12.0 Å². The van der Waals surface area contributed by atoms with Crippen LogP contribution in [0.25, 0.3) is 0 Å². The first-order chi connectivity index (χ1) is 14.2. The van der Waals surface area contributed by atoms with E-state index in [1.54, 1.807) is 24.3 Å². The number of benzene rings is 2. The molecule has 162 valence electrons. The Morgan fingerprint density at radius 3 is 2.30 bits per heavy atom. The number of nitrogens with zero attached hydrogens (tertiary/aromatic N) is 1. The fraction of sp³-hybridized carbons (Fsp3) is 0.300. The van der Waals surface area contributed by atoms with Crippen molar-refractivity contribution in [3.8, 4) is 5.75 Å². The fourth-order valence-corrected chi connectivity index (χ4v) is 3.65. The summed E-state index contributed by atoms with van der Waals surface area (Å²) in [5.74, 6) is -1.00. The monoisotopic (exact) mass is 438 g/mol. The Morgan fingerprint density at radius 1 is 1.07 bits per heavy atom. The molecule has 0 aliphatic carbocycles. The molecule has 0 atom stereocenters. The van der Waals surface area contributed by atoms with Crippen molar-refractivity contribution >= 4 is 27.6 Å². The number of anilines is 1. The van der Waals surface area contributed by atoms with Gasteiger partial charge >= 0.3 is 5.97 Å².